The Balaban J connectivity index is 1.95. The van der Waals surface area contributed by atoms with Gasteiger partial charge in [0, 0.05) is 19.0 Å². The van der Waals surface area contributed by atoms with Gasteiger partial charge in [0.25, 0.3) is 0 Å². The lowest BCUT2D eigenvalue weighted by molar-refractivity contribution is 0.369. The predicted molar refractivity (Wildman–Crippen MR) is 92.5 cm³/mol. The lowest BCUT2D eigenvalue weighted by Gasteiger charge is -2.25. The first-order chi connectivity index (χ1) is 10.1. The van der Waals surface area contributed by atoms with Crippen molar-refractivity contribution in [3.05, 3.63) is 35.9 Å². The Hall–Kier alpha value is -0.870. The Labute approximate surface area is 135 Å². The molecule has 0 radical (unpaired) electrons. The fraction of sp³-hybridized carbons (Fsp3) is 0.667. The van der Waals surface area contributed by atoms with Crippen LogP contribution in [0.1, 0.15) is 52.0 Å². The number of rotatable bonds is 7. The quantitative estimate of drug-likeness (QED) is 0.765. The zero-order chi connectivity index (χ0) is 16.4. The summed E-state index contributed by atoms with van der Waals surface area (Å²) in [6, 6.07) is 10.3. The molecule has 0 aliphatic heterocycles. The molecule has 1 aliphatic carbocycles. The van der Waals surface area contributed by atoms with E-state index >= 15 is 0 Å². The van der Waals surface area contributed by atoms with E-state index in [1.165, 1.54) is 5.56 Å². The average Bonchev–Trinajstić information content (AvgIpc) is 3.19. The summed E-state index contributed by atoms with van der Waals surface area (Å²) in [6.45, 7) is 7.06. The largest absolute Gasteiger partial charge is 0.213 e. The second-order valence-corrected chi connectivity index (χ2v) is 10.1. The summed E-state index contributed by atoms with van der Waals surface area (Å²) in [6.07, 6.45) is 3.83. The molecule has 1 aromatic carbocycles. The Bertz CT molecular complexity index is 583. The number of nitrogens with zero attached hydrogens (tertiary/aromatic N) is 1. The van der Waals surface area contributed by atoms with E-state index in [-0.39, 0.29) is 16.6 Å². The molecule has 0 amide bonds. The summed E-state index contributed by atoms with van der Waals surface area (Å²) in [5.74, 6) is 0.256. The van der Waals surface area contributed by atoms with Crippen LogP contribution in [-0.4, -0.2) is 32.1 Å². The number of benzene rings is 1. The van der Waals surface area contributed by atoms with E-state index in [0.29, 0.717) is 6.54 Å². The summed E-state index contributed by atoms with van der Waals surface area (Å²) in [5, 5.41) is 0. The molecule has 124 valence electrons. The van der Waals surface area contributed by atoms with E-state index in [2.05, 4.69) is 32.9 Å². The van der Waals surface area contributed by atoms with Crippen LogP contribution in [0.5, 0.6) is 0 Å². The van der Waals surface area contributed by atoms with Gasteiger partial charge in [-0.25, -0.2) is 12.7 Å². The summed E-state index contributed by atoms with van der Waals surface area (Å²) in [7, 11) is -1.42. The van der Waals surface area contributed by atoms with Gasteiger partial charge in [-0.1, -0.05) is 51.1 Å². The second kappa shape index (κ2) is 6.32. The SMILES string of the molecule is CN(CC1(c2ccccc2)CC1)S(=O)(=O)CCCC(C)(C)C. The molecule has 0 atom stereocenters. The van der Waals surface area contributed by atoms with Crippen molar-refractivity contribution in [1.82, 2.24) is 4.31 Å². The highest BCUT2D eigenvalue weighted by atomic mass is 32.2. The van der Waals surface area contributed by atoms with Crippen LogP contribution < -0.4 is 0 Å². The molecule has 0 spiro atoms. The molecular formula is C18H29NO2S. The van der Waals surface area contributed by atoms with Gasteiger partial charge in [-0.2, -0.15) is 0 Å². The molecule has 1 fully saturated rings. The molecule has 4 heteroatoms. The lowest BCUT2D eigenvalue weighted by Crippen LogP contribution is -2.36. The van der Waals surface area contributed by atoms with Gasteiger partial charge in [0.1, 0.15) is 0 Å². The summed E-state index contributed by atoms with van der Waals surface area (Å²) in [4.78, 5) is 0. The first-order valence-electron chi connectivity index (χ1n) is 8.14. The van der Waals surface area contributed by atoms with Crippen LogP contribution in [0.3, 0.4) is 0 Å². The monoisotopic (exact) mass is 323 g/mol. The van der Waals surface area contributed by atoms with Crippen molar-refractivity contribution in [3.8, 4) is 0 Å². The van der Waals surface area contributed by atoms with E-state index in [4.69, 9.17) is 0 Å². The average molecular weight is 324 g/mol. The zero-order valence-corrected chi connectivity index (χ0v) is 15.1. The topological polar surface area (TPSA) is 37.4 Å². The van der Waals surface area contributed by atoms with Crippen molar-refractivity contribution in [2.45, 2.75) is 51.9 Å². The van der Waals surface area contributed by atoms with Crippen LogP contribution in [0.4, 0.5) is 0 Å². The van der Waals surface area contributed by atoms with Crippen molar-refractivity contribution in [1.29, 1.82) is 0 Å². The molecule has 1 saturated carbocycles. The van der Waals surface area contributed by atoms with E-state index < -0.39 is 10.0 Å². The molecule has 3 nitrogen and oxygen atoms in total. The standard InChI is InChI=1S/C18H29NO2S/c1-17(2,3)11-8-14-22(20,21)19(4)15-18(12-13-18)16-9-6-5-7-10-16/h5-7,9-10H,8,11-15H2,1-4H3. The number of likely N-dealkylation sites (N-methyl/N-ethyl adjacent to an activating group) is 1. The van der Waals surface area contributed by atoms with Gasteiger partial charge in [0.05, 0.1) is 5.75 Å². The lowest BCUT2D eigenvalue weighted by atomic mass is 9.91. The Morgan fingerprint density at radius 2 is 1.73 bits per heavy atom. The third kappa shape index (κ3) is 4.56. The fourth-order valence-electron chi connectivity index (χ4n) is 2.95. The molecule has 1 aliphatic rings. The predicted octanol–water partition coefficient (Wildman–Crippen LogP) is 3.81. The molecule has 2 rings (SSSR count). The fourth-order valence-corrected chi connectivity index (χ4v) is 4.21. The van der Waals surface area contributed by atoms with Crippen molar-refractivity contribution < 1.29 is 8.42 Å². The van der Waals surface area contributed by atoms with Crippen LogP contribution in [0, 0.1) is 5.41 Å². The summed E-state index contributed by atoms with van der Waals surface area (Å²) in [5.41, 5.74) is 1.51. The maximum Gasteiger partial charge on any atom is 0.213 e. The van der Waals surface area contributed by atoms with E-state index in [1.807, 2.05) is 18.2 Å². The van der Waals surface area contributed by atoms with Crippen LogP contribution in [0.25, 0.3) is 0 Å². The first-order valence-corrected chi connectivity index (χ1v) is 9.75. The minimum Gasteiger partial charge on any atom is -0.212 e. The van der Waals surface area contributed by atoms with Crippen LogP contribution >= 0.6 is 0 Å². The molecule has 1 aromatic rings. The summed E-state index contributed by atoms with van der Waals surface area (Å²) >= 11 is 0. The van der Waals surface area contributed by atoms with Gasteiger partial charge in [0.2, 0.25) is 10.0 Å². The van der Waals surface area contributed by atoms with Gasteiger partial charge in [-0.3, -0.25) is 0 Å². The molecule has 22 heavy (non-hydrogen) atoms. The molecule has 0 aromatic heterocycles. The van der Waals surface area contributed by atoms with Gasteiger partial charge in [-0.05, 0) is 36.7 Å². The Morgan fingerprint density at radius 1 is 1.14 bits per heavy atom. The van der Waals surface area contributed by atoms with Crippen molar-refractivity contribution in [2.24, 2.45) is 5.41 Å². The highest BCUT2D eigenvalue weighted by molar-refractivity contribution is 7.89. The maximum atomic E-state index is 12.5. The van der Waals surface area contributed by atoms with E-state index in [9.17, 15) is 8.42 Å². The van der Waals surface area contributed by atoms with Crippen LogP contribution in [0.2, 0.25) is 0 Å². The van der Waals surface area contributed by atoms with Crippen LogP contribution in [-0.2, 0) is 15.4 Å². The minimum absolute atomic E-state index is 0.0487. The van der Waals surface area contributed by atoms with E-state index in [0.717, 1.165) is 25.7 Å². The van der Waals surface area contributed by atoms with Gasteiger partial charge in [0.15, 0.2) is 0 Å². The molecule has 0 heterocycles. The normalized spacial score (nSPS) is 17.7. The van der Waals surface area contributed by atoms with Crippen LogP contribution in [0.15, 0.2) is 30.3 Å². The number of hydrogen-bond donors (Lipinski definition) is 0. The number of hydrogen-bond acceptors (Lipinski definition) is 2. The van der Waals surface area contributed by atoms with E-state index in [1.54, 1.807) is 11.4 Å². The van der Waals surface area contributed by atoms with Gasteiger partial charge >= 0.3 is 0 Å². The highest BCUT2D eigenvalue weighted by Crippen LogP contribution is 2.48. The minimum atomic E-state index is -3.15. The van der Waals surface area contributed by atoms with Gasteiger partial charge < -0.3 is 0 Å². The third-order valence-corrected chi connectivity index (χ3v) is 6.45. The van der Waals surface area contributed by atoms with Crippen molar-refractivity contribution in [3.63, 3.8) is 0 Å². The number of sulfonamides is 1. The maximum absolute atomic E-state index is 12.5. The van der Waals surface area contributed by atoms with Crippen molar-refractivity contribution >= 4 is 10.0 Å². The zero-order valence-electron chi connectivity index (χ0n) is 14.3. The first kappa shape index (κ1) is 17.5. The highest BCUT2D eigenvalue weighted by Gasteiger charge is 2.46. The molecule has 0 N–H and O–H groups in total. The smallest absolute Gasteiger partial charge is 0.212 e. The third-order valence-electron chi connectivity index (χ3n) is 4.57. The molecular weight excluding hydrogens is 294 g/mol. The second-order valence-electron chi connectivity index (χ2n) is 7.88. The summed E-state index contributed by atoms with van der Waals surface area (Å²) < 4.78 is 26.5. The van der Waals surface area contributed by atoms with Crippen molar-refractivity contribution in [2.75, 3.05) is 19.3 Å². The Kier molecular flexibility index (Phi) is 5.03. The molecule has 0 saturated heterocycles. The molecule has 0 bridgehead atoms. The van der Waals surface area contributed by atoms with Gasteiger partial charge in [-0.15, -0.1) is 0 Å². The Morgan fingerprint density at radius 3 is 2.23 bits per heavy atom. The molecule has 0 unspecified atom stereocenters.